The zero-order valence-electron chi connectivity index (χ0n) is 49.6. The highest BCUT2D eigenvalue weighted by atomic mass is 14.5. The van der Waals surface area contributed by atoms with Crippen LogP contribution in [-0.4, -0.2) is 0 Å². The Labute approximate surface area is 418 Å². The van der Waals surface area contributed by atoms with Crippen LogP contribution in [-0.2, 0) is 0 Å². The van der Waals surface area contributed by atoms with Gasteiger partial charge in [0.25, 0.3) is 0 Å². The topological polar surface area (TPSA) is 0 Å². The Balaban J connectivity index is 0.000000295. The number of rotatable bonds is 9. The molecule has 0 nitrogen and oxygen atoms in total. The molecule has 0 unspecified atom stereocenters. The standard InChI is InChI=1S/C19H36.C17H32.C12H24.C12H18.C6H14/c1-17(2)11-7-15(8-12-17)19(5,6)16-9-13-18(3,4)14-10-16;1-16(2)9-5-14(6-10-16)13-15-7-11-17(3,4)12-8-15;2*1-9(2)11-5-7-12(8-6-11)10(3)4;1-5(2)6(3)4/h15-16H,7-14H2,1-6H3;14-15H,5-13H2,1-4H3;9-12H,5-8H2,1-4H3;5-10H,1-4H3;5-6H,1-4H3. The molecule has 0 spiro atoms. The zero-order chi connectivity index (χ0) is 50.3. The van der Waals surface area contributed by atoms with E-state index < -0.39 is 0 Å². The minimum atomic E-state index is 0.576. The Hall–Kier alpha value is -0.780. The largest absolute Gasteiger partial charge is 0.0625 e. The van der Waals surface area contributed by atoms with Gasteiger partial charge in [0.05, 0.1) is 0 Å². The van der Waals surface area contributed by atoms with Crippen LogP contribution >= 0.6 is 0 Å². The summed E-state index contributed by atoms with van der Waals surface area (Å²) >= 11 is 0. The Kier molecular flexibility index (Phi) is 25.8. The molecule has 0 heterocycles. The summed E-state index contributed by atoms with van der Waals surface area (Å²) in [5.41, 5.74) is 5.95. The smallest absolute Gasteiger partial charge is 0.0219 e. The minimum absolute atomic E-state index is 0.576. The average Bonchev–Trinajstić information content (AvgIpc) is 3.23. The Morgan fingerprint density at radius 1 is 0.379 bits per heavy atom. The number of hydrogen-bond acceptors (Lipinski definition) is 0. The molecular weight excluding hydrogens is 793 g/mol. The summed E-state index contributed by atoms with van der Waals surface area (Å²) in [5, 5.41) is 0. The van der Waals surface area contributed by atoms with Gasteiger partial charge in [-0.15, -0.1) is 0 Å². The van der Waals surface area contributed by atoms with Crippen molar-refractivity contribution in [2.75, 3.05) is 0 Å². The van der Waals surface area contributed by atoms with Crippen LogP contribution in [0.5, 0.6) is 0 Å². The predicted molar refractivity (Wildman–Crippen MR) is 301 cm³/mol. The number of hydrogen-bond donors (Lipinski definition) is 0. The van der Waals surface area contributed by atoms with Gasteiger partial charge in [0.15, 0.2) is 0 Å². The molecule has 5 aliphatic rings. The first-order valence-electron chi connectivity index (χ1n) is 29.4. The quantitative estimate of drug-likeness (QED) is 0.232. The second kappa shape index (κ2) is 27.7. The third kappa shape index (κ3) is 23.0. The first-order valence-corrected chi connectivity index (χ1v) is 29.4. The molecule has 0 aromatic heterocycles. The molecule has 0 N–H and O–H groups in total. The molecule has 6 rings (SSSR count). The molecule has 0 amide bonds. The van der Waals surface area contributed by atoms with Crippen molar-refractivity contribution in [3.05, 3.63) is 35.4 Å². The van der Waals surface area contributed by atoms with Gasteiger partial charge >= 0.3 is 0 Å². The lowest BCUT2D eigenvalue weighted by atomic mass is 9.56. The van der Waals surface area contributed by atoms with Gasteiger partial charge in [0.1, 0.15) is 0 Å². The lowest BCUT2D eigenvalue weighted by Gasteiger charge is -2.49. The fraction of sp³-hybridized carbons (Fsp3) is 0.909. The van der Waals surface area contributed by atoms with Crippen molar-refractivity contribution in [3.8, 4) is 0 Å². The summed E-state index contributed by atoms with van der Waals surface area (Å²) in [5.74, 6) is 11.0. The molecule has 5 saturated carbocycles. The van der Waals surface area contributed by atoms with Crippen LogP contribution in [0.3, 0.4) is 0 Å². The van der Waals surface area contributed by atoms with Crippen LogP contribution in [0.15, 0.2) is 24.3 Å². The van der Waals surface area contributed by atoms with E-state index in [9.17, 15) is 0 Å². The maximum atomic E-state index is 2.58. The van der Waals surface area contributed by atoms with Gasteiger partial charge in [-0.2, -0.15) is 0 Å². The molecule has 0 atom stereocenters. The minimum Gasteiger partial charge on any atom is -0.0625 e. The van der Waals surface area contributed by atoms with E-state index in [4.69, 9.17) is 0 Å². The summed E-state index contributed by atoms with van der Waals surface area (Å²) in [6.45, 7) is 52.2. The van der Waals surface area contributed by atoms with Gasteiger partial charge in [-0.25, -0.2) is 0 Å². The van der Waals surface area contributed by atoms with Gasteiger partial charge in [-0.1, -0.05) is 177 Å². The summed E-state index contributed by atoms with van der Waals surface area (Å²) < 4.78 is 0. The zero-order valence-corrected chi connectivity index (χ0v) is 49.6. The molecule has 0 heteroatoms. The van der Waals surface area contributed by atoms with Gasteiger partial charge in [0.2, 0.25) is 0 Å². The monoisotopic (exact) mass is 917 g/mol. The maximum Gasteiger partial charge on any atom is -0.0219 e. The molecule has 0 bridgehead atoms. The van der Waals surface area contributed by atoms with E-state index in [0.29, 0.717) is 38.9 Å². The van der Waals surface area contributed by atoms with E-state index in [1.165, 1.54) is 140 Å². The van der Waals surface area contributed by atoms with Crippen molar-refractivity contribution in [1.82, 2.24) is 0 Å². The molecule has 0 aliphatic heterocycles. The lowest BCUT2D eigenvalue weighted by molar-refractivity contribution is 0.0148. The molecule has 388 valence electrons. The predicted octanol–water partition coefficient (Wildman–Crippen LogP) is 22.6. The van der Waals surface area contributed by atoms with E-state index in [2.05, 4.69) is 177 Å². The van der Waals surface area contributed by atoms with Gasteiger partial charge in [-0.05, 0) is 244 Å². The third-order valence-electron chi connectivity index (χ3n) is 19.7. The van der Waals surface area contributed by atoms with E-state index >= 15 is 0 Å². The molecule has 0 radical (unpaired) electrons. The van der Waals surface area contributed by atoms with Crippen molar-refractivity contribution in [2.24, 2.45) is 86.3 Å². The van der Waals surface area contributed by atoms with Gasteiger partial charge < -0.3 is 0 Å². The molecule has 0 saturated heterocycles. The van der Waals surface area contributed by atoms with Gasteiger partial charge in [0, 0.05) is 0 Å². The third-order valence-corrected chi connectivity index (χ3v) is 19.7. The van der Waals surface area contributed by atoms with E-state index in [0.717, 1.165) is 59.2 Å². The second-order valence-electron chi connectivity index (χ2n) is 29.8. The van der Waals surface area contributed by atoms with Crippen LogP contribution < -0.4 is 0 Å². The van der Waals surface area contributed by atoms with Crippen LogP contribution in [0.2, 0.25) is 0 Å². The van der Waals surface area contributed by atoms with E-state index in [1.54, 1.807) is 6.42 Å². The SMILES string of the molecule is CC(C)C(C)C.CC(C)C1CCC(C(C)C)CC1.CC(C)c1ccc(C(C)C)cc1.CC1(C)CCC(C(C)(C)C2CCC(C)(C)CC2)CC1.CC1(C)CCC(CC2CCC(C)(C)CC2)CC1. The van der Waals surface area contributed by atoms with Crippen LogP contribution in [0.4, 0.5) is 0 Å². The number of benzene rings is 1. The Morgan fingerprint density at radius 2 is 0.606 bits per heavy atom. The van der Waals surface area contributed by atoms with E-state index in [1.807, 2.05) is 0 Å². The highest BCUT2D eigenvalue weighted by Crippen LogP contribution is 2.53. The van der Waals surface area contributed by atoms with Gasteiger partial charge in [-0.3, -0.25) is 0 Å². The molecule has 1 aromatic carbocycles. The Morgan fingerprint density at radius 3 is 0.803 bits per heavy atom. The fourth-order valence-corrected chi connectivity index (χ4v) is 12.2. The molecule has 1 aromatic rings. The lowest BCUT2D eigenvalue weighted by Crippen LogP contribution is -2.39. The first kappa shape index (κ1) is 61.3. The first-order chi connectivity index (χ1) is 30.3. The Bertz CT molecular complexity index is 1250. The van der Waals surface area contributed by atoms with E-state index in [-0.39, 0.29) is 0 Å². The van der Waals surface area contributed by atoms with Crippen molar-refractivity contribution in [1.29, 1.82) is 0 Å². The average molecular weight is 918 g/mol. The highest BCUT2D eigenvalue weighted by Gasteiger charge is 2.42. The van der Waals surface area contributed by atoms with Crippen LogP contribution in [0, 0.1) is 86.3 Å². The van der Waals surface area contributed by atoms with Crippen molar-refractivity contribution >= 4 is 0 Å². The fourth-order valence-electron chi connectivity index (χ4n) is 12.2. The molecule has 66 heavy (non-hydrogen) atoms. The van der Waals surface area contributed by atoms with Crippen molar-refractivity contribution in [3.63, 3.8) is 0 Å². The molecule has 5 fully saturated rings. The van der Waals surface area contributed by atoms with Crippen LogP contribution in [0.25, 0.3) is 0 Å². The highest BCUT2D eigenvalue weighted by molar-refractivity contribution is 5.26. The normalized spacial score (nSPS) is 25.0. The maximum absolute atomic E-state index is 2.58. The molecule has 5 aliphatic carbocycles. The summed E-state index contributed by atoms with van der Waals surface area (Å²) in [6, 6.07) is 8.94. The summed E-state index contributed by atoms with van der Waals surface area (Å²) in [7, 11) is 0. The summed E-state index contributed by atoms with van der Waals surface area (Å²) in [6.07, 6.45) is 31.1. The van der Waals surface area contributed by atoms with Crippen LogP contribution in [0.1, 0.15) is 310 Å². The molecular formula is C66H124. The second-order valence-corrected chi connectivity index (χ2v) is 29.8. The summed E-state index contributed by atoms with van der Waals surface area (Å²) in [4.78, 5) is 0. The van der Waals surface area contributed by atoms with Crippen molar-refractivity contribution in [2.45, 2.75) is 299 Å². The van der Waals surface area contributed by atoms with Crippen molar-refractivity contribution < 1.29 is 0 Å².